The van der Waals surface area contributed by atoms with E-state index >= 15 is 0 Å². The Morgan fingerprint density at radius 2 is 1.80 bits per heavy atom. The Balaban J connectivity index is 2.30. The number of benzene rings is 1. The van der Waals surface area contributed by atoms with Gasteiger partial charge in [-0.1, -0.05) is 0 Å². The van der Waals surface area contributed by atoms with Gasteiger partial charge in [0.2, 0.25) is 0 Å². The number of anilines is 1. The third kappa shape index (κ3) is 2.82. The summed E-state index contributed by atoms with van der Waals surface area (Å²) in [7, 11) is 0. The molecule has 20 heavy (non-hydrogen) atoms. The van der Waals surface area contributed by atoms with Crippen molar-refractivity contribution < 1.29 is 13.6 Å². The molecule has 0 aliphatic heterocycles. The van der Waals surface area contributed by atoms with Gasteiger partial charge in [0.15, 0.2) is 11.6 Å². The zero-order valence-electron chi connectivity index (χ0n) is 11.4. The molecule has 0 radical (unpaired) electrons. The maximum atomic E-state index is 13.1. The molecule has 0 aliphatic carbocycles. The van der Waals surface area contributed by atoms with Crippen LogP contribution in [0.4, 0.5) is 14.5 Å². The second-order valence-corrected chi connectivity index (χ2v) is 4.62. The van der Waals surface area contributed by atoms with Gasteiger partial charge < -0.3 is 5.32 Å². The minimum Gasteiger partial charge on any atom is -0.320 e. The van der Waals surface area contributed by atoms with Crippen molar-refractivity contribution in [2.45, 2.75) is 20.8 Å². The first-order valence-corrected chi connectivity index (χ1v) is 6.09. The number of hydrogen-bond donors (Lipinski definition) is 1. The van der Waals surface area contributed by atoms with E-state index < -0.39 is 17.5 Å². The van der Waals surface area contributed by atoms with Crippen LogP contribution >= 0.6 is 0 Å². The lowest BCUT2D eigenvalue weighted by molar-refractivity contribution is 0.102. The molecule has 2 aromatic rings. The van der Waals surface area contributed by atoms with Crippen LogP contribution in [-0.2, 0) is 0 Å². The van der Waals surface area contributed by atoms with Crippen molar-refractivity contribution in [2.75, 3.05) is 5.32 Å². The Morgan fingerprint density at radius 3 is 2.40 bits per heavy atom. The minimum absolute atomic E-state index is 0.0586. The maximum absolute atomic E-state index is 13.1. The first kappa shape index (κ1) is 14.1. The predicted octanol–water partition coefficient (Wildman–Crippen LogP) is 3.54. The molecule has 5 heteroatoms. The van der Waals surface area contributed by atoms with Crippen LogP contribution in [0.1, 0.15) is 27.3 Å². The van der Waals surface area contributed by atoms with Crippen molar-refractivity contribution in [2.24, 2.45) is 0 Å². The second kappa shape index (κ2) is 5.36. The largest absolute Gasteiger partial charge is 0.320 e. The highest BCUT2D eigenvalue weighted by atomic mass is 19.2. The number of nitrogens with zero attached hydrogens (tertiary/aromatic N) is 1. The molecule has 1 aromatic carbocycles. The fraction of sp³-hybridized carbons (Fsp3) is 0.200. The van der Waals surface area contributed by atoms with E-state index in [9.17, 15) is 13.6 Å². The monoisotopic (exact) mass is 276 g/mol. The number of rotatable bonds is 2. The number of hydrogen-bond acceptors (Lipinski definition) is 2. The summed E-state index contributed by atoms with van der Waals surface area (Å²) in [5.74, 6) is -2.53. The molecular formula is C15H14F2N2O. The summed E-state index contributed by atoms with van der Waals surface area (Å²) in [6, 6.07) is 4.88. The smallest absolute Gasteiger partial charge is 0.255 e. The zero-order valence-corrected chi connectivity index (χ0v) is 11.4. The first-order valence-electron chi connectivity index (χ1n) is 6.09. The molecule has 3 nitrogen and oxygen atoms in total. The van der Waals surface area contributed by atoms with Crippen molar-refractivity contribution in [1.82, 2.24) is 4.98 Å². The number of aryl methyl sites for hydroxylation is 3. The average Bonchev–Trinajstić information content (AvgIpc) is 2.36. The Hall–Kier alpha value is -2.30. The van der Waals surface area contributed by atoms with Crippen molar-refractivity contribution in [3.05, 3.63) is 58.4 Å². The normalized spacial score (nSPS) is 10.4. The summed E-state index contributed by atoms with van der Waals surface area (Å²) in [5.41, 5.74) is 3.05. The van der Waals surface area contributed by atoms with Gasteiger partial charge in [0.05, 0.1) is 11.4 Å². The summed E-state index contributed by atoms with van der Waals surface area (Å²) in [4.78, 5) is 16.3. The molecule has 2 rings (SSSR count). The number of pyridine rings is 1. The summed E-state index contributed by atoms with van der Waals surface area (Å²) in [5, 5.41) is 2.68. The topological polar surface area (TPSA) is 42.0 Å². The van der Waals surface area contributed by atoms with Crippen molar-refractivity contribution in [3.63, 3.8) is 0 Å². The van der Waals surface area contributed by atoms with E-state index in [1.165, 1.54) is 6.07 Å². The highest BCUT2D eigenvalue weighted by molar-refractivity contribution is 6.04. The van der Waals surface area contributed by atoms with Crippen molar-refractivity contribution in [1.29, 1.82) is 0 Å². The Labute approximate surface area is 115 Å². The highest BCUT2D eigenvalue weighted by Crippen LogP contribution is 2.20. The summed E-state index contributed by atoms with van der Waals surface area (Å²) in [6.07, 6.45) is 0. The first-order chi connectivity index (χ1) is 9.38. The molecule has 1 amide bonds. The van der Waals surface area contributed by atoms with Crippen molar-refractivity contribution >= 4 is 11.6 Å². The molecule has 104 valence electrons. The van der Waals surface area contributed by atoms with Crippen LogP contribution in [0, 0.1) is 32.4 Å². The lowest BCUT2D eigenvalue weighted by Gasteiger charge is -2.12. The Kier molecular flexibility index (Phi) is 3.79. The Bertz CT molecular complexity index is 661. The number of carbonyl (C=O) groups is 1. The van der Waals surface area contributed by atoms with Gasteiger partial charge in [0.1, 0.15) is 0 Å². The van der Waals surface area contributed by atoms with Gasteiger partial charge in [-0.25, -0.2) is 8.78 Å². The van der Waals surface area contributed by atoms with Crippen LogP contribution in [0.2, 0.25) is 0 Å². The van der Waals surface area contributed by atoms with E-state index in [0.29, 0.717) is 11.4 Å². The SMILES string of the molecule is Cc1cc(C)c(NC(=O)c2ccc(F)c(F)c2)c(C)n1. The van der Waals surface area contributed by atoms with E-state index in [-0.39, 0.29) is 5.56 Å². The number of halogens is 2. The van der Waals surface area contributed by atoms with Crippen LogP contribution in [0.25, 0.3) is 0 Å². The third-order valence-corrected chi connectivity index (χ3v) is 2.95. The second-order valence-electron chi connectivity index (χ2n) is 4.62. The van der Waals surface area contributed by atoms with Crippen LogP contribution in [0.15, 0.2) is 24.3 Å². The molecule has 1 heterocycles. The molecule has 0 saturated carbocycles. The van der Waals surface area contributed by atoms with E-state index in [2.05, 4.69) is 10.3 Å². The fourth-order valence-electron chi connectivity index (χ4n) is 2.04. The van der Waals surface area contributed by atoms with Gasteiger partial charge in [0.25, 0.3) is 5.91 Å². The van der Waals surface area contributed by atoms with E-state index in [1.54, 1.807) is 6.92 Å². The van der Waals surface area contributed by atoms with Crippen molar-refractivity contribution in [3.8, 4) is 0 Å². The summed E-state index contributed by atoms with van der Waals surface area (Å²) < 4.78 is 26.0. The third-order valence-electron chi connectivity index (χ3n) is 2.95. The molecule has 1 aromatic heterocycles. The molecule has 0 unspecified atom stereocenters. The summed E-state index contributed by atoms with van der Waals surface area (Å²) >= 11 is 0. The van der Waals surface area contributed by atoms with Gasteiger partial charge >= 0.3 is 0 Å². The molecule has 0 fully saturated rings. The standard InChI is InChI=1S/C15H14F2N2O/c1-8-6-9(2)18-10(3)14(8)19-15(20)11-4-5-12(16)13(17)7-11/h4-7H,1-3H3,(H,19,20). The fourth-order valence-corrected chi connectivity index (χ4v) is 2.04. The van der Waals surface area contributed by atoms with Gasteiger partial charge in [-0.15, -0.1) is 0 Å². The average molecular weight is 276 g/mol. The zero-order chi connectivity index (χ0) is 14.9. The molecule has 0 saturated heterocycles. The minimum atomic E-state index is -1.05. The predicted molar refractivity (Wildman–Crippen MR) is 72.8 cm³/mol. The maximum Gasteiger partial charge on any atom is 0.255 e. The Morgan fingerprint density at radius 1 is 1.10 bits per heavy atom. The molecule has 0 atom stereocenters. The van der Waals surface area contributed by atoms with Gasteiger partial charge in [-0.05, 0) is 50.6 Å². The molecule has 1 N–H and O–H groups in total. The van der Waals surface area contributed by atoms with Gasteiger partial charge in [-0.2, -0.15) is 0 Å². The molecule has 0 bridgehead atoms. The highest BCUT2D eigenvalue weighted by Gasteiger charge is 2.13. The molecule has 0 aliphatic rings. The number of nitrogens with one attached hydrogen (secondary N) is 1. The lowest BCUT2D eigenvalue weighted by Crippen LogP contribution is -2.15. The number of aromatic nitrogens is 1. The van der Waals surface area contributed by atoms with E-state index in [0.717, 1.165) is 23.4 Å². The summed E-state index contributed by atoms with van der Waals surface area (Å²) in [6.45, 7) is 5.49. The van der Waals surface area contributed by atoms with Crippen LogP contribution in [0.5, 0.6) is 0 Å². The molecule has 0 spiro atoms. The molecular weight excluding hydrogens is 262 g/mol. The number of amides is 1. The van der Waals surface area contributed by atoms with Crippen LogP contribution in [-0.4, -0.2) is 10.9 Å². The van der Waals surface area contributed by atoms with E-state index in [4.69, 9.17) is 0 Å². The van der Waals surface area contributed by atoms with Crippen LogP contribution in [0.3, 0.4) is 0 Å². The van der Waals surface area contributed by atoms with Gasteiger partial charge in [-0.3, -0.25) is 9.78 Å². The van der Waals surface area contributed by atoms with E-state index in [1.807, 2.05) is 19.9 Å². The van der Waals surface area contributed by atoms with Crippen LogP contribution < -0.4 is 5.32 Å². The number of carbonyl (C=O) groups excluding carboxylic acids is 1. The van der Waals surface area contributed by atoms with Gasteiger partial charge in [0, 0.05) is 11.3 Å². The lowest BCUT2D eigenvalue weighted by atomic mass is 10.1. The quantitative estimate of drug-likeness (QED) is 0.911.